The Morgan fingerprint density at radius 1 is 0.324 bits per heavy atom. The van der Waals surface area contributed by atoms with Crippen molar-refractivity contribution >= 4 is 200 Å². The zero-order valence-corrected chi connectivity index (χ0v) is 47.8. The first-order valence-electron chi connectivity index (χ1n) is 20.2. The number of benzene rings is 3. The molecular formula is C48H30O4S16. The van der Waals surface area contributed by atoms with E-state index in [9.17, 15) is 9.59 Å². The Kier molecular flexibility index (Phi) is 17.1. The SMILES string of the molecule is O=C(Oc1cc(CC2=CSC(=C3SC=CS3)S2)cc(CC2=CSC(=C3SC=CS3)S2)c1)c1ccc(C(=O)Oc2cc(CC3=CSC(=C4SC=CS4)S3)cc(CC3=CSC(=C4SC=CS4)S3)c2)cc1. The first-order valence-corrected chi connectivity index (χ1v) is 34.1. The third kappa shape index (κ3) is 12.7. The minimum absolute atomic E-state index is 0.348. The molecule has 8 aliphatic rings. The fourth-order valence-corrected chi connectivity index (χ4v) is 25.0. The number of allylic oxidation sites excluding steroid dienone is 4. The van der Waals surface area contributed by atoms with E-state index in [1.54, 1.807) is 165 Å². The lowest BCUT2D eigenvalue weighted by Crippen LogP contribution is -2.12. The Bertz CT molecular complexity index is 2610. The molecule has 8 aliphatic heterocycles. The van der Waals surface area contributed by atoms with E-state index in [1.165, 1.54) is 53.5 Å². The Morgan fingerprint density at radius 3 is 0.824 bits per heavy atom. The van der Waals surface area contributed by atoms with Crippen LogP contribution >= 0.6 is 188 Å². The third-order valence-electron chi connectivity index (χ3n) is 9.72. The van der Waals surface area contributed by atoms with Crippen LogP contribution in [0.2, 0.25) is 0 Å². The van der Waals surface area contributed by atoms with Gasteiger partial charge in [0.1, 0.15) is 11.5 Å². The van der Waals surface area contributed by atoms with E-state index in [1.807, 2.05) is 71.3 Å². The van der Waals surface area contributed by atoms with Crippen molar-refractivity contribution in [3.05, 3.63) is 212 Å². The highest BCUT2D eigenvalue weighted by Crippen LogP contribution is 2.57. The monoisotopic (exact) mass is 1180 g/mol. The van der Waals surface area contributed by atoms with E-state index >= 15 is 0 Å². The maximum absolute atomic E-state index is 13.8. The van der Waals surface area contributed by atoms with Gasteiger partial charge in [0.15, 0.2) is 0 Å². The number of rotatable bonds is 12. The molecule has 0 saturated carbocycles. The number of esters is 2. The highest BCUT2D eigenvalue weighted by atomic mass is 32.2. The lowest BCUT2D eigenvalue weighted by atomic mass is 10.0. The smallest absolute Gasteiger partial charge is 0.343 e. The molecule has 20 heteroatoms. The fourth-order valence-electron chi connectivity index (χ4n) is 6.89. The van der Waals surface area contributed by atoms with Gasteiger partial charge >= 0.3 is 11.9 Å². The van der Waals surface area contributed by atoms with Gasteiger partial charge in [0.2, 0.25) is 0 Å². The molecule has 11 rings (SSSR count). The van der Waals surface area contributed by atoms with Gasteiger partial charge in [-0.15, -0.1) is 0 Å². The van der Waals surface area contributed by atoms with Crippen molar-refractivity contribution in [3.63, 3.8) is 0 Å². The molecule has 0 spiro atoms. The molecule has 0 bridgehead atoms. The normalized spacial score (nSPS) is 19.6. The summed E-state index contributed by atoms with van der Waals surface area (Å²) in [6, 6.07) is 19.0. The standard InChI is InChI=1S/C48H30O4S16/c49-39(51-33-15-27(19-35-23-61-45(65-35)41-53-5-6-54-41)13-28(16-33)20-36-24-62-46(66-36)42-55-7-8-56-42)31-1-2-32(4-3-31)40(50)52-34-17-29(21-37-25-63-47(67-37)43-57-9-10-58-43)14-30(18-34)22-38-26-64-48(68-38)44-59-11-12-60-44/h1-18,23-26H,19-22H2. The summed E-state index contributed by atoms with van der Waals surface area (Å²) in [6.07, 6.45) is 2.96. The maximum Gasteiger partial charge on any atom is 0.343 e. The molecule has 342 valence electrons. The van der Waals surface area contributed by atoms with Crippen LogP contribution in [-0.4, -0.2) is 11.9 Å². The summed E-state index contributed by atoms with van der Waals surface area (Å²) in [5.74, 6) is 0.0306. The van der Waals surface area contributed by atoms with Crippen molar-refractivity contribution in [2.45, 2.75) is 25.7 Å². The summed E-state index contributed by atoms with van der Waals surface area (Å²) >= 11 is 28.6. The van der Waals surface area contributed by atoms with Crippen molar-refractivity contribution in [1.29, 1.82) is 0 Å². The van der Waals surface area contributed by atoms with Gasteiger partial charge in [0.05, 0.1) is 45.0 Å². The van der Waals surface area contributed by atoms with Crippen LogP contribution in [0, 0.1) is 0 Å². The summed E-state index contributed by atoms with van der Waals surface area (Å²) in [5, 5.41) is 26.0. The highest BCUT2D eigenvalue weighted by molar-refractivity contribution is 8.35. The molecule has 3 aromatic rings. The average molecular weight is 1180 g/mol. The van der Waals surface area contributed by atoms with Crippen LogP contribution < -0.4 is 9.47 Å². The van der Waals surface area contributed by atoms with Crippen LogP contribution in [0.25, 0.3) is 0 Å². The molecular weight excluding hydrogens is 1150 g/mol. The van der Waals surface area contributed by atoms with Crippen LogP contribution in [0.15, 0.2) is 179 Å². The summed E-state index contributed by atoms with van der Waals surface area (Å²) in [7, 11) is 0. The second kappa shape index (κ2) is 23.5. The third-order valence-corrected chi connectivity index (χ3v) is 30.0. The van der Waals surface area contributed by atoms with Gasteiger partial charge < -0.3 is 9.47 Å². The number of hydrogen-bond acceptors (Lipinski definition) is 20. The molecule has 0 atom stereocenters. The van der Waals surface area contributed by atoms with Crippen molar-refractivity contribution in [2.24, 2.45) is 0 Å². The second-order valence-electron chi connectivity index (χ2n) is 14.6. The molecule has 3 aromatic carbocycles. The van der Waals surface area contributed by atoms with Crippen molar-refractivity contribution < 1.29 is 19.1 Å². The van der Waals surface area contributed by atoms with E-state index in [0.717, 1.165) is 47.9 Å². The fraction of sp³-hybridized carbons (Fsp3) is 0.0833. The van der Waals surface area contributed by atoms with Gasteiger partial charge in [0.25, 0.3) is 0 Å². The summed E-state index contributed by atoms with van der Waals surface area (Å²) in [5.41, 5.74) is 5.05. The van der Waals surface area contributed by atoms with Crippen LogP contribution in [0.5, 0.6) is 11.5 Å². The molecule has 0 unspecified atom stereocenters. The Morgan fingerprint density at radius 2 is 0.574 bits per heavy atom. The van der Waals surface area contributed by atoms with E-state index in [4.69, 9.17) is 9.47 Å². The van der Waals surface area contributed by atoms with Gasteiger partial charge in [-0.2, -0.15) is 0 Å². The van der Waals surface area contributed by atoms with E-state index < -0.39 is 11.9 Å². The number of carbonyl (C=O) groups is 2. The van der Waals surface area contributed by atoms with Crippen LogP contribution in [-0.2, 0) is 25.7 Å². The molecule has 4 nitrogen and oxygen atoms in total. The second-order valence-corrected chi connectivity index (χ2v) is 32.0. The molecule has 0 aliphatic carbocycles. The molecule has 0 saturated heterocycles. The van der Waals surface area contributed by atoms with Gasteiger partial charge in [-0.1, -0.05) is 200 Å². The highest BCUT2D eigenvalue weighted by Gasteiger charge is 2.25. The van der Waals surface area contributed by atoms with Crippen LogP contribution in [0.3, 0.4) is 0 Å². The largest absolute Gasteiger partial charge is 0.423 e. The van der Waals surface area contributed by atoms with Crippen molar-refractivity contribution in [2.75, 3.05) is 0 Å². The van der Waals surface area contributed by atoms with Gasteiger partial charge in [-0.25, -0.2) is 9.59 Å². The van der Waals surface area contributed by atoms with Crippen LogP contribution in [0.1, 0.15) is 43.0 Å². The number of carbonyl (C=O) groups excluding carboxylic acids is 2. The Balaban J connectivity index is 0.776. The van der Waals surface area contributed by atoms with Gasteiger partial charge in [-0.05, 0) is 136 Å². The molecule has 0 amide bonds. The Hall–Kier alpha value is -0.920. The lowest BCUT2D eigenvalue weighted by molar-refractivity contribution is 0.0720. The van der Waals surface area contributed by atoms with E-state index in [-0.39, 0.29) is 0 Å². The maximum atomic E-state index is 13.8. The first kappa shape index (κ1) is 49.3. The summed E-state index contributed by atoms with van der Waals surface area (Å²) in [4.78, 5) is 32.6. The zero-order chi connectivity index (χ0) is 45.8. The van der Waals surface area contributed by atoms with Gasteiger partial charge in [0, 0.05) is 45.3 Å². The lowest BCUT2D eigenvalue weighted by Gasteiger charge is -2.12. The first-order chi connectivity index (χ1) is 33.4. The van der Waals surface area contributed by atoms with Crippen molar-refractivity contribution in [1.82, 2.24) is 0 Å². The number of ether oxygens (including phenoxy) is 2. The molecule has 0 radical (unpaired) electrons. The minimum atomic E-state index is -0.486. The quantitative estimate of drug-likeness (QED) is 0.128. The summed E-state index contributed by atoms with van der Waals surface area (Å²) < 4.78 is 22.8. The van der Waals surface area contributed by atoms with E-state index in [2.05, 4.69) is 77.0 Å². The summed E-state index contributed by atoms with van der Waals surface area (Å²) in [6.45, 7) is 0. The Labute approximate surface area is 463 Å². The zero-order valence-electron chi connectivity index (χ0n) is 34.7. The molecule has 0 N–H and O–H groups in total. The number of thioether (sulfide) groups is 16. The van der Waals surface area contributed by atoms with E-state index in [0.29, 0.717) is 22.6 Å². The number of hydrogen-bond donors (Lipinski definition) is 0. The average Bonchev–Trinajstić information content (AvgIpc) is 4.18. The molecule has 68 heavy (non-hydrogen) atoms. The topological polar surface area (TPSA) is 52.6 Å². The van der Waals surface area contributed by atoms with Crippen molar-refractivity contribution in [3.8, 4) is 11.5 Å². The predicted octanol–water partition coefficient (Wildman–Crippen LogP) is 19.9. The predicted molar refractivity (Wildman–Crippen MR) is 323 cm³/mol. The van der Waals surface area contributed by atoms with Gasteiger partial charge in [-0.3, -0.25) is 0 Å². The molecule has 8 heterocycles. The molecule has 0 aromatic heterocycles. The molecule has 0 fully saturated rings. The van der Waals surface area contributed by atoms with Crippen LogP contribution in [0.4, 0.5) is 0 Å². The minimum Gasteiger partial charge on any atom is -0.423 e.